The van der Waals surface area contributed by atoms with E-state index in [-0.39, 0.29) is 23.2 Å². The van der Waals surface area contributed by atoms with Crippen LogP contribution >= 0.6 is 0 Å². The quantitative estimate of drug-likeness (QED) is 0.676. The molecule has 0 radical (unpaired) electrons. The summed E-state index contributed by atoms with van der Waals surface area (Å²) in [5, 5.41) is 0.400. The van der Waals surface area contributed by atoms with Gasteiger partial charge in [0.15, 0.2) is 11.0 Å². The number of hydrogen-bond acceptors (Lipinski definition) is 4. The summed E-state index contributed by atoms with van der Waals surface area (Å²) in [4.78, 5) is 25.1. The van der Waals surface area contributed by atoms with E-state index in [1.165, 1.54) is 0 Å². The highest BCUT2D eigenvalue weighted by Gasteiger charge is 2.19. The van der Waals surface area contributed by atoms with E-state index >= 15 is 0 Å². The minimum absolute atomic E-state index is 0.108. The predicted molar refractivity (Wildman–Crippen MR) is 93.3 cm³/mol. The van der Waals surface area contributed by atoms with Gasteiger partial charge in [-0.05, 0) is 25.5 Å². The average Bonchev–Trinajstić information content (AvgIpc) is 2.62. The topological polar surface area (TPSA) is 56.5 Å². The maximum absolute atomic E-state index is 12.9. The van der Waals surface area contributed by atoms with Crippen molar-refractivity contribution in [3.63, 3.8) is 0 Å². The lowest BCUT2D eigenvalue weighted by atomic mass is 10.0. The van der Waals surface area contributed by atoms with Crippen LogP contribution in [0.1, 0.15) is 29.8 Å². The van der Waals surface area contributed by atoms with Gasteiger partial charge in [-0.25, -0.2) is 4.79 Å². The molecule has 3 aromatic rings. The van der Waals surface area contributed by atoms with Crippen LogP contribution in [0.2, 0.25) is 0 Å². The molecule has 1 heterocycles. The molecule has 0 bridgehead atoms. The van der Waals surface area contributed by atoms with Gasteiger partial charge in [-0.15, -0.1) is 0 Å². The lowest BCUT2D eigenvalue weighted by Crippen LogP contribution is -2.13. The van der Waals surface area contributed by atoms with Gasteiger partial charge in [-0.2, -0.15) is 0 Å². The molecular weight excluding hydrogens is 304 g/mol. The van der Waals surface area contributed by atoms with Crippen molar-refractivity contribution in [2.24, 2.45) is 0 Å². The van der Waals surface area contributed by atoms with Crippen LogP contribution in [0.3, 0.4) is 0 Å². The van der Waals surface area contributed by atoms with E-state index in [0.717, 1.165) is 5.56 Å². The molecule has 0 saturated heterocycles. The SMILES string of the molecule is CCOC(=O)c1cccc2c(=O)c(CC)c(-c3ccccc3)oc12. The Kier molecular flexibility index (Phi) is 4.47. The molecule has 4 heteroatoms. The van der Waals surface area contributed by atoms with Gasteiger partial charge in [0, 0.05) is 11.1 Å². The number of carbonyl (C=O) groups is 1. The lowest BCUT2D eigenvalue weighted by Gasteiger charge is -2.11. The first-order chi connectivity index (χ1) is 11.7. The first kappa shape index (κ1) is 16.0. The van der Waals surface area contributed by atoms with Gasteiger partial charge in [-0.3, -0.25) is 4.79 Å². The second-order valence-electron chi connectivity index (χ2n) is 5.36. The molecule has 0 fully saturated rings. The lowest BCUT2D eigenvalue weighted by molar-refractivity contribution is 0.0527. The number of rotatable bonds is 4. The van der Waals surface area contributed by atoms with Crippen LogP contribution in [-0.2, 0) is 11.2 Å². The molecule has 0 spiro atoms. The number of esters is 1. The second kappa shape index (κ2) is 6.71. The van der Waals surface area contributed by atoms with E-state index in [0.29, 0.717) is 23.1 Å². The van der Waals surface area contributed by atoms with Gasteiger partial charge >= 0.3 is 5.97 Å². The van der Waals surface area contributed by atoms with Crippen molar-refractivity contribution in [1.29, 1.82) is 0 Å². The van der Waals surface area contributed by atoms with Gasteiger partial charge in [0.2, 0.25) is 0 Å². The molecule has 0 saturated carbocycles. The average molecular weight is 322 g/mol. The Morgan fingerprint density at radius 3 is 2.46 bits per heavy atom. The zero-order chi connectivity index (χ0) is 17.1. The van der Waals surface area contributed by atoms with Gasteiger partial charge in [0.25, 0.3) is 0 Å². The van der Waals surface area contributed by atoms with Gasteiger partial charge in [0.05, 0.1) is 12.0 Å². The van der Waals surface area contributed by atoms with Crippen LogP contribution < -0.4 is 5.43 Å². The molecule has 3 rings (SSSR count). The molecule has 4 nitrogen and oxygen atoms in total. The largest absolute Gasteiger partial charge is 0.462 e. The molecule has 122 valence electrons. The molecule has 0 aliphatic carbocycles. The highest BCUT2D eigenvalue weighted by atomic mass is 16.5. The third kappa shape index (κ3) is 2.71. The molecule has 0 amide bonds. The van der Waals surface area contributed by atoms with Crippen LogP contribution in [0.15, 0.2) is 57.7 Å². The van der Waals surface area contributed by atoms with Crippen LogP contribution in [0.25, 0.3) is 22.3 Å². The fourth-order valence-corrected chi connectivity index (χ4v) is 2.77. The maximum atomic E-state index is 12.9. The highest BCUT2D eigenvalue weighted by Crippen LogP contribution is 2.28. The third-order valence-corrected chi connectivity index (χ3v) is 3.90. The monoisotopic (exact) mass is 322 g/mol. The Hall–Kier alpha value is -2.88. The minimum atomic E-state index is -0.491. The van der Waals surface area contributed by atoms with Gasteiger partial charge in [0.1, 0.15) is 11.3 Å². The molecule has 24 heavy (non-hydrogen) atoms. The van der Waals surface area contributed by atoms with Crippen LogP contribution in [-0.4, -0.2) is 12.6 Å². The van der Waals surface area contributed by atoms with E-state index in [1.807, 2.05) is 37.3 Å². The molecule has 0 aliphatic rings. The van der Waals surface area contributed by atoms with Gasteiger partial charge in [-0.1, -0.05) is 43.3 Å². The Balaban J connectivity index is 2.35. The summed E-state index contributed by atoms with van der Waals surface area (Å²) in [6, 6.07) is 14.4. The summed E-state index contributed by atoms with van der Waals surface area (Å²) in [7, 11) is 0. The fourth-order valence-electron chi connectivity index (χ4n) is 2.77. The molecule has 0 N–H and O–H groups in total. The van der Waals surface area contributed by atoms with Crippen molar-refractivity contribution >= 4 is 16.9 Å². The van der Waals surface area contributed by atoms with Crippen molar-refractivity contribution in [2.75, 3.05) is 6.61 Å². The Labute approximate surface area is 139 Å². The molecule has 0 aliphatic heterocycles. The van der Waals surface area contributed by atoms with Crippen molar-refractivity contribution in [3.05, 3.63) is 69.9 Å². The van der Waals surface area contributed by atoms with E-state index in [4.69, 9.17) is 9.15 Å². The van der Waals surface area contributed by atoms with Crippen LogP contribution in [0.5, 0.6) is 0 Å². The van der Waals surface area contributed by atoms with Crippen LogP contribution in [0, 0.1) is 0 Å². The van der Waals surface area contributed by atoms with Crippen molar-refractivity contribution in [2.45, 2.75) is 20.3 Å². The summed E-state index contributed by atoms with van der Waals surface area (Å²) in [5.74, 6) is 0.0156. The van der Waals surface area contributed by atoms with E-state index in [1.54, 1.807) is 25.1 Å². The number of benzene rings is 2. The standard InChI is InChI=1S/C20H18O4/c1-3-14-17(21)15-11-8-12-16(20(22)23-4-2)19(15)24-18(14)13-9-6-5-7-10-13/h5-12H,3-4H2,1-2H3. The summed E-state index contributed by atoms with van der Waals surface area (Å²) in [6.07, 6.45) is 0.548. The first-order valence-electron chi connectivity index (χ1n) is 7.98. The van der Waals surface area contributed by atoms with Crippen LogP contribution in [0.4, 0.5) is 0 Å². The molecule has 2 aromatic carbocycles. The normalized spacial score (nSPS) is 10.8. The number of fused-ring (bicyclic) bond motifs is 1. The van der Waals surface area contributed by atoms with E-state index in [2.05, 4.69) is 0 Å². The number of carbonyl (C=O) groups excluding carboxylic acids is 1. The number of ether oxygens (including phenoxy) is 1. The zero-order valence-corrected chi connectivity index (χ0v) is 13.7. The fraction of sp³-hybridized carbons (Fsp3) is 0.200. The van der Waals surface area contributed by atoms with E-state index < -0.39 is 5.97 Å². The molecular formula is C20H18O4. The second-order valence-corrected chi connectivity index (χ2v) is 5.36. The smallest absolute Gasteiger partial charge is 0.341 e. The Morgan fingerprint density at radius 1 is 1.04 bits per heavy atom. The molecule has 1 aromatic heterocycles. The number of hydrogen-bond donors (Lipinski definition) is 0. The summed E-state index contributed by atoms with van der Waals surface area (Å²) in [5.41, 5.74) is 1.86. The van der Waals surface area contributed by atoms with E-state index in [9.17, 15) is 9.59 Å². The predicted octanol–water partition coefficient (Wildman–Crippen LogP) is 4.20. The van der Waals surface area contributed by atoms with Crippen molar-refractivity contribution in [3.8, 4) is 11.3 Å². The third-order valence-electron chi connectivity index (χ3n) is 3.90. The zero-order valence-electron chi connectivity index (χ0n) is 13.7. The molecule has 0 unspecified atom stereocenters. The summed E-state index contributed by atoms with van der Waals surface area (Å²) in [6.45, 7) is 3.92. The minimum Gasteiger partial charge on any atom is -0.462 e. The number of para-hydroxylation sites is 1. The molecule has 0 atom stereocenters. The maximum Gasteiger partial charge on any atom is 0.341 e. The Morgan fingerprint density at radius 2 is 1.79 bits per heavy atom. The Bertz CT molecular complexity index is 939. The first-order valence-corrected chi connectivity index (χ1v) is 7.98. The summed E-state index contributed by atoms with van der Waals surface area (Å²) >= 11 is 0. The van der Waals surface area contributed by atoms with Gasteiger partial charge < -0.3 is 9.15 Å². The highest BCUT2D eigenvalue weighted by molar-refractivity contribution is 6.02. The summed E-state index contributed by atoms with van der Waals surface area (Å²) < 4.78 is 11.1. The van der Waals surface area contributed by atoms with Crippen molar-refractivity contribution < 1.29 is 13.9 Å². The van der Waals surface area contributed by atoms with Crippen molar-refractivity contribution in [1.82, 2.24) is 0 Å².